The van der Waals surface area contributed by atoms with E-state index in [0.29, 0.717) is 6.54 Å². The lowest BCUT2D eigenvalue weighted by molar-refractivity contribution is -0.124. The van der Waals surface area contributed by atoms with Gasteiger partial charge in [0.05, 0.1) is 6.04 Å². The van der Waals surface area contributed by atoms with Gasteiger partial charge in [-0.2, -0.15) is 0 Å². The molecule has 5 nitrogen and oxygen atoms in total. The maximum absolute atomic E-state index is 11.7. The van der Waals surface area contributed by atoms with Crippen LogP contribution in [0.3, 0.4) is 0 Å². The number of nitrogens with one attached hydrogen (secondary N) is 3. The van der Waals surface area contributed by atoms with E-state index in [1.54, 1.807) is 0 Å². The Hall–Kier alpha value is -1.59. The highest BCUT2D eigenvalue weighted by Crippen LogP contribution is 2.09. The molecule has 2 amide bonds. The molecular weight excluding hydrogens is 278 g/mol. The van der Waals surface area contributed by atoms with E-state index in [-0.39, 0.29) is 36.7 Å². The number of anilines is 1. The van der Waals surface area contributed by atoms with E-state index in [2.05, 4.69) is 16.0 Å². The van der Waals surface area contributed by atoms with Gasteiger partial charge in [-0.3, -0.25) is 9.59 Å². The van der Waals surface area contributed by atoms with Gasteiger partial charge in [-0.05, 0) is 37.6 Å². The van der Waals surface area contributed by atoms with Gasteiger partial charge in [0.2, 0.25) is 11.8 Å². The second-order valence-corrected chi connectivity index (χ2v) is 4.75. The smallest absolute Gasteiger partial charge is 0.237 e. The molecule has 3 N–H and O–H groups in total. The quantitative estimate of drug-likeness (QED) is 0.765. The molecule has 20 heavy (non-hydrogen) atoms. The number of rotatable bonds is 5. The zero-order valence-electron chi connectivity index (χ0n) is 11.4. The molecular formula is C14H20ClN3O2. The van der Waals surface area contributed by atoms with E-state index in [4.69, 9.17) is 0 Å². The van der Waals surface area contributed by atoms with Crippen LogP contribution in [-0.2, 0) is 9.59 Å². The monoisotopic (exact) mass is 297 g/mol. The molecule has 0 saturated carbocycles. The summed E-state index contributed by atoms with van der Waals surface area (Å²) >= 11 is 0. The Morgan fingerprint density at radius 1 is 1.40 bits per heavy atom. The van der Waals surface area contributed by atoms with Crippen molar-refractivity contribution >= 4 is 29.9 Å². The standard InChI is InChI=1S/C14H19N3O2.ClH/c1-10-3-2-4-11(9-10)17-13(18)6-8-16-14(19)12-5-7-15-12;/h2-4,9,12,15H,5-8H2,1H3,(H,16,19)(H,17,18);1H. The molecule has 0 spiro atoms. The molecule has 0 bridgehead atoms. The number of hydrogen-bond donors (Lipinski definition) is 3. The summed E-state index contributed by atoms with van der Waals surface area (Å²) in [4.78, 5) is 23.2. The Balaban J connectivity index is 0.00000200. The predicted octanol–water partition coefficient (Wildman–Crippen LogP) is 1.22. The van der Waals surface area contributed by atoms with Crippen LogP contribution < -0.4 is 16.0 Å². The fraction of sp³-hybridized carbons (Fsp3) is 0.429. The Kier molecular flexibility index (Phi) is 6.48. The fourth-order valence-corrected chi connectivity index (χ4v) is 1.88. The van der Waals surface area contributed by atoms with Crippen LogP contribution in [0.15, 0.2) is 24.3 Å². The topological polar surface area (TPSA) is 70.2 Å². The van der Waals surface area contributed by atoms with Gasteiger partial charge in [0, 0.05) is 18.7 Å². The molecule has 110 valence electrons. The molecule has 1 fully saturated rings. The van der Waals surface area contributed by atoms with E-state index >= 15 is 0 Å². The third-order valence-electron chi connectivity index (χ3n) is 3.09. The van der Waals surface area contributed by atoms with Crippen molar-refractivity contribution in [2.45, 2.75) is 25.8 Å². The molecule has 1 aromatic carbocycles. The summed E-state index contributed by atoms with van der Waals surface area (Å²) in [6, 6.07) is 7.56. The van der Waals surface area contributed by atoms with Crippen LogP contribution in [0.2, 0.25) is 0 Å². The summed E-state index contributed by atoms with van der Waals surface area (Å²) in [7, 11) is 0. The van der Waals surface area contributed by atoms with Gasteiger partial charge in [0.15, 0.2) is 0 Å². The number of carbonyl (C=O) groups is 2. The maximum Gasteiger partial charge on any atom is 0.237 e. The van der Waals surface area contributed by atoms with Crippen LogP contribution in [0.25, 0.3) is 0 Å². The normalized spacial score (nSPS) is 16.6. The van der Waals surface area contributed by atoms with Gasteiger partial charge < -0.3 is 16.0 Å². The Bertz CT molecular complexity index is 475. The first-order valence-electron chi connectivity index (χ1n) is 6.53. The highest BCUT2D eigenvalue weighted by molar-refractivity contribution is 5.91. The lowest BCUT2D eigenvalue weighted by Crippen LogP contribution is -2.53. The van der Waals surface area contributed by atoms with Crippen LogP contribution in [0, 0.1) is 6.92 Å². The Labute approximate surface area is 124 Å². The third-order valence-corrected chi connectivity index (χ3v) is 3.09. The second kappa shape index (κ2) is 7.87. The number of aryl methyl sites for hydroxylation is 1. The molecule has 1 heterocycles. The lowest BCUT2D eigenvalue weighted by Gasteiger charge is -2.26. The number of benzene rings is 1. The molecule has 1 aromatic rings. The van der Waals surface area contributed by atoms with Gasteiger partial charge >= 0.3 is 0 Å². The van der Waals surface area contributed by atoms with Gasteiger partial charge in [-0.25, -0.2) is 0 Å². The molecule has 0 aliphatic carbocycles. The average Bonchev–Trinajstić information content (AvgIpc) is 2.26. The molecule has 0 aromatic heterocycles. The van der Waals surface area contributed by atoms with Crippen molar-refractivity contribution in [3.63, 3.8) is 0 Å². The van der Waals surface area contributed by atoms with E-state index in [0.717, 1.165) is 24.2 Å². The van der Waals surface area contributed by atoms with Crippen LogP contribution in [0.4, 0.5) is 5.69 Å². The van der Waals surface area contributed by atoms with Crippen molar-refractivity contribution in [1.29, 1.82) is 0 Å². The SMILES string of the molecule is Cc1cccc(NC(=O)CCNC(=O)C2CCN2)c1.Cl. The minimum Gasteiger partial charge on any atom is -0.354 e. The summed E-state index contributed by atoms with van der Waals surface area (Å²) in [5, 5.41) is 8.58. The zero-order valence-corrected chi connectivity index (χ0v) is 12.3. The molecule has 6 heteroatoms. The first kappa shape index (κ1) is 16.5. The highest BCUT2D eigenvalue weighted by atomic mass is 35.5. The van der Waals surface area contributed by atoms with E-state index in [1.807, 2.05) is 31.2 Å². The van der Waals surface area contributed by atoms with Crippen LogP contribution in [0.1, 0.15) is 18.4 Å². The third kappa shape index (κ3) is 4.83. The van der Waals surface area contributed by atoms with Crippen molar-refractivity contribution in [2.75, 3.05) is 18.4 Å². The van der Waals surface area contributed by atoms with Gasteiger partial charge in [0.25, 0.3) is 0 Å². The van der Waals surface area contributed by atoms with E-state index in [9.17, 15) is 9.59 Å². The first-order valence-corrected chi connectivity index (χ1v) is 6.53. The molecule has 1 unspecified atom stereocenters. The van der Waals surface area contributed by atoms with Crippen LogP contribution >= 0.6 is 12.4 Å². The van der Waals surface area contributed by atoms with Crippen molar-refractivity contribution in [3.05, 3.63) is 29.8 Å². The van der Waals surface area contributed by atoms with Crippen molar-refractivity contribution in [3.8, 4) is 0 Å². The Morgan fingerprint density at radius 2 is 2.15 bits per heavy atom. The van der Waals surface area contributed by atoms with Crippen LogP contribution in [0.5, 0.6) is 0 Å². The van der Waals surface area contributed by atoms with Gasteiger partial charge in [-0.15, -0.1) is 12.4 Å². The van der Waals surface area contributed by atoms with Crippen molar-refractivity contribution < 1.29 is 9.59 Å². The van der Waals surface area contributed by atoms with Crippen LogP contribution in [-0.4, -0.2) is 30.9 Å². The Morgan fingerprint density at radius 3 is 2.75 bits per heavy atom. The molecule has 2 rings (SSSR count). The lowest BCUT2D eigenvalue weighted by atomic mass is 10.1. The number of amides is 2. The minimum absolute atomic E-state index is 0. The predicted molar refractivity (Wildman–Crippen MR) is 81.1 cm³/mol. The summed E-state index contributed by atoms with van der Waals surface area (Å²) in [6.45, 7) is 3.24. The summed E-state index contributed by atoms with van der Waals surface area (Å²) in [5.41, 5.74) is 1.89. The molecule has 1 atom stereocenters. The summed E-state index contributed by atoms with van der Waals surface area (Å²) < 4.78 is 0. The molecule has 1 aliphatic rings. The first-order chi connectivity index (χ1) is 9.15. The van der Waals surface area contributed by atoms with Crippen molar-refractivity contribution in [1.82, 2.24) is 10.6 Å². The number of halogens is 1. The fourth-order valence-electron chi connectivity index (χ4n) is 1.88. The van der Waals surface area contributed by atoms with E-state index < -0.39 is 0 Å². The molecule has 0 radical (unpaired) electrons. The number of hydrogen-bond acceptors (Lipinski definition) is 3. The van der Waals surface area contributed by atoms with Gasteiger partial charge in [-0.1, -0.05) is 12.1 Å². The van der Waals surface area contributed by atoms with E-state index in [1.165, 1.54) is 0 Å². The maximum atomic E-state index is 11.7. The minimum atomic E-state index is -0.0903. The molecule has 1 aliphatic heterocycles. The zero-order chi connectivity index (χ0) is 13.7. The van der Waals surface area contributed by atoms with Gasteiger partial charge in [0.1, 0.15) is 0 Å². The van der Waals surface area contributed by atoms with Crippen molar-refractivity contribution in [2.24, 2.45) is 0 Å². The second-order valence-electron chi connectivity index (χ2n) is 4.75. The largest absolute Gasteiger partial charge is 0.354 e. The molecule has 1 saturated heterocycles. The number of carbonyl (C=O) groups excluding carboxylic acids is 2. The highest BCUT2D eigenvalue weighted by Gasteiger charge is 2.23. The average molecular weight is 298 g/mol. The summed E-state index contributed by atoms with van der Waals surface area (Å²) in [6.07, 6.45) is 1.16. The summed E-state index contributed by atoms with van der Waals surface area (Å²) in [5.74, 6) is -0.109.